The number of rotatable bonds is 5. The van der Waals surface area contributed by atoms with Crippen molar-refractivity contribution >= 4 is 29.9 Å². The van der Waals surface area contributed by atoms with Gasteiger partial charge >= 0.3 is 0 Å². The minimum Gasteiger partial charge on any atom is -0.505 e. The zero-order valence-electron chi connectivity index (χ0n) is 14.6. The maximum atomic E-state index is 13.3. The fourth-order valence-corrected chi connectivity index (χ4v) is 2.79. The van der Waals surface area contributed by atoms with Crippen molar-refractivity contribution in [2.24, 2.45) is 4.99 Å². The summed E-state index contributed by atoms with van der Waals surface area (Å²) in [6.07, 6.45) is 1.85. The maximum absolute atomic E-state index is 13.3. The lowest BCUT2D eigenvalue weighted by Crippen LogP contribution is -2.37. The van der Waals surface area contributed by atoms with Gasteiger partial charge in [-0.2, -0.15) is 0 Å². The molecule has 0 aromatic heterocycles. The number of guanidine groups is 1. The molecule has 1 aliphatic rings. The zero-order chi connectivity index (χ0) is 17.6. The quantitative estimate of drug-likeness (QED) is 0.357. The normalized spacial score (nSPS) is 12.8. The number of nitrogens with zero attached hydrogens (tertiary/aromatic N) is 1. The lowest BCUT2D eigenvalue weighted by Gasteiger charge is -2.12. The Kier molecular flexibility index (Phi) is 7.50. The van der Waals surface area contributed by atoms with Crippen LogP contribution in [-0.2, 0) is 19.4 Å². The van der Waals surface area contributed by atoms with Crippen LogP contribution in [0.1, 0.15) is 16.7 Å². The predicted octanol–water partition coefficient (Wildman–Crippen LogP) is 2.99. The first-order valence-corrected chi connectivity index (χ1v) is 8.32. The van der Waals surface area contributed by atoms with Gasteiger partial charge in [-0.3, -0.25) is 4.99 Å². The Bertz CT molecular complexity index is 783. The number of hydrogen-bond donors (Lipinski definition) is 3. The number of fused-ring (bicyclic) bond motifs is 1. The van der Waals surface area contributed by atoms with Crippen molar-refractivity contribution in [2.45, 2.75) is 19.4 Å². The molecule has 0 radical (unpaired) electrons. The molecule has 0 bridgehead atoms. The highest BCUT2D eigenvalue weighted by Crippen LogP contribution is 2.25. The van der Waals surface area contributed by atoms with Crippen molar-refractivity contribution < 1.29 is 14.2 Å². The molecule has 5 nitrogen and oxygen atoms in total. The summed E-state index contributed by atoms with van der Waals surface area (Å²) >= 11 is 0. The highest BCUT2D eigenvalue weighted by Gasteiger charge is 2.11. The molecule has 2 aromatic rings. The Morgan fingerprint density at radius 3 is 2.77 bits per heavy atom. The van der Waals surface area contributed by atoms with E-state index < -0.39 is 5.82 Å². The smallest absolute Gasteiger partial charge is 0.191 e. The molecule has 1 heterocycles. The van der Waals surface area contributed by atoms with E-state index in [-0.39, 0.29) is 29.7 Å². The van der Waals surface area contributed by atoms with E-state index in [0.717, 1.165) is 37.3 Å². The molecule has 26 heavy (non-hydrogen) atoms. The molecule has 0 aliphatic carbocycles. The Morgan fingerprint density at radius 2 is 2.00 bits per heavy atom. The number of aliphatic imine (C=N–C) groups is 1. The van der Waals surface area contributed by atoms with Gasteiger partial charge in [0.2, 0.25) is 0 Å². The molecular weight excluding hydrogens is 448 g/mol. The molecule has 0 atom stereocenters. The topological polar surface area (TPSA) is 65.9 Å². The third-order valence-corrected chi connectivity index (χ3v) is 4.16. The second kappa shape index (κ2) is 9.61. The Balaban J connectivity index is 0.00000243. The summed E-state index contributed by atoms with van der Waals surface area (Å²) in [5.41, 5.74) is 3.26. The van der Waals surface area contributed by atoms with Crippen LogP contribution in [0, 0.1) is 5.82 Å². The second-order valence-electron chi connectivity index (χ2n) is 5.93. The zero-order valence-corrected chi connectivity index (χ0v) is 16.9. The largest absolute Gasteiger partial charge is 0.505 e. The first-order chi connectivity index (χ1) is 12.2. The number of phenolic OH excluding ortho intramolecular Hbond substituents is 1. The predicted molar refractivity (Wildman–Crippen MR) is 111 cm³/mol. The summed E-state index contributed by atoms with van der Waals surface area (Å²) in [6.45, 7) is 1.93. The number of nitrogens with one attached hydrogen (secondary N) is 2. The average Bonchev–Trinajstić information content (AvgIpc) is 3.08. The summed E-state index contributed by atoms with van der Waals surface area (Å²) in [5, 5.41) is 15.6. The average molecular weight is 471 g/mol. The van der Waals surface area contributed by atoms with Gasteiger partial charge in [-0.05, 0) is 41.3 Å². The van der Waals surface area contributed by atoms with Crippen molar-refractivity contribution in [3.05, 3.63) is 58.9 Å². The Labute approximate surface area is 169 Å². The van der Waals surface area contributed by atoms with Gasteiger partial charge in [-0.1, -0.05) is 18.2 Å². The molecule has 7 heteroatoms. The van der Waals surface area contributed by atoms with Gasteiger partial charge in [-0.25, -0.2) is 4.39 Å². The SMILES string of the molecule is CN=C(NCCc1ccc2c(c1)CCO2)NCc1ccc(O)c(F)c1.I. The van der Waals surface area contributed by atoms with Crippen LogP contribution in [0.5, 0.6) is 11.5 Å². The lowest BCUT2D eigenvalue weighted by molar-refractivity contribution is 0.357. The lowest BCUT2D eigenvalue weighted by atomic mass is 10.1. The first kappa shape index (κ1) is 20.3. The monoisotopic (exact) mass is 471 g/mol. The minimum absolute atomic E-state index is 0. The molecule has 0 saturated carbocycles. The van der Waals surface area contributed by atoms with Crippen molar-refractivity contribution in [1.29, 1.82) is 0 Å². The van der Waals surface area contributed by atoms with E-state index in [4.69, 9.17) is 4.74 Å². The number of aromatic hydroxyl groups is 1. The third kappa shape index (κ3) is 5.23. The Morgan fingerprint density at radius 1 is 1.19 bits per heavy atom. The molecule has 0 fully saturated rings. The van der Waals surface area contributed by atoms with Gasteiger partial charge < -0.3 is 20.5 Å². The number of halogens is 2. The fraction of sp³-hybridized carbons (Fsp3) is 0.316. The molecule has 0 spiro atoms. The maximum Gasteiger partial charge on any atom is 0.191 e. The van der Waals surface area contributed by atoms with E-state index in [1.165, 1.54) is 23.3 Å². The number of ether oxygens (including phenoxy) is 1. The summed E-state index contributed by atoms with van der Waals surface area (Å²) in [7, 11) is 1.69. The van der Waals surface area contributed by atoms with Crippen molar-refractivity contribution in [2.75, 3.05) is 20.2 Å². The standard InChI is InChI=1S/C19H22FN3O2.HI/c1-21-19(23-12-14-2-4-17(24)16(20)11-14)22-8-6-13-3-5-18-15(10-13)7-9-25-18;/h2-5,10-11,24H,6-9,12H2,1H3,(H2,21,22,23);1H. The summed E-state index contributed by atoms with van der Waals surface area (Å²) < 4.78 is 18.9. The van der Waals surface area contributed by atoms with Crippen LogP contribution in [0.2, 0.25) is 0 Å². The van der Waals surface area contributed by atoms with Crippen LogP contribution in [-0.4, -0.2) is 31.3 Å². The number of hydrogen-bond acceptors (Lipinski definition) is 3. The molecule has 1 aliphatic heterocycles. The Hall–Kier alpha value is -2.03. The van der Waals surface area contributed by atoms with Gasteiger partial charge in [0, 0.05) is 26.6 Å². The number of benzene rings is 2. The van der Waals surface area contributed by atoms with Gasteiger partial charge in [0.25, 0.3) is 0 Å². The molecular formula is C19H23FIN3O2. The van der Waals surface area contributed by atoms with E-state index in [9.17, 15) is 9.50 Å². The van der Waals surface area contributed by atoms with Gasteiger partial charge in [0.1, 0.15) is 5.75 Å². The highest BCUT2D eigenvalue weighted by atomic mass is 127. The van der Waals surface area contributed by atoms with E-state index in [0.29, 0.717) is 12.5 Å². The van der Waals surface area contributed by atoms with E-state index >= 15 is 0 Å². The van der Waals surface area contributed by atoms with Crippen molar-refractivity contribution in [3.8, 4) is 11.5 Å². The van der Waals surface area contributed by atoms with Gasteiger partial charge in [0.05, 0.1) is 6.61 Å². The highest BCUT2D eigenvalue weighted by molar-refractivity contribution is 14.0. The summed E-state index contributed by atoms with van der Waals surface area (Å²) in [4.78, 5) is 4.16. The van der Waals surface area contributed by atoms with Crippen LogP contribution in [0.15, 0.2) is 41.4 Å². The third-order valence-electron chi connectivity index (χ3n) is 4.16. The van der Waals surface area contributed by atoms with Gasteiger partial charge in [-0.15, -0.1) is 24.0 Å². The van der Waals surface area contributed by atoms with Crippen molar-refractivity contribution in [1.82, 2.24) is 10.6 Å². The molecule has 140 valence electrons. The first-order valence-electron chi connectivity index (χ1n) is 8.32. The van der Waals surface area contributed by atoms with E-state index in [1.807, 2.05) is 6.07 Å². The van der Waals surface area contributed by atoms with Crippen LogP contribution in [0.4, 0.5) is 4.39 Å². The molecule has 0 amide bonds. The van der Waals surface area contributed by atoms with E-state index in [1.54, 1.807) is 13.1 Å². The van der Waals surface area contributed by atoms with Gasteiger partial charge in [0.15, 0.2) is 17.5 Å². The fourth-order valence-electron chi connectivity index (χ4n) is 2.79. The molecule has 3 N–H and O–H groups in total. The number of phenols is 1. The van der Waals surface area contributed by atoms with Crippen molar-refractivity contribution in [3.63, 3.8) is 0 Å². The van der Waals surface area contributed by atoms with E-state index in [2.05, 4.69) is 27.8 Å². The second-order valence-corrected chi connectivity index (χ2v) is 5.93. The molecule has 0 unspecified atom stereocenters. The molecule has 2 aromatic carbocycles. The van der Waals surface area contributed by atoms with Crippen LogP contribution in [0.25, 0.3) is 0 Å². The minimum atomic E-state index is -0.622. The molecule has 3 rings (SSSR count). The van der Waals surface area contributed by atoms with Crippen LogP contribution >= 0.6 is 24.0 Å². The van der Waals surface area contributed by atoms with Crippen LogP contribution < -0.4 is 15.4 Å². The molecule has 0 saturated heterocycles. The van der Waals surface area contributed by atoms with Crippen LogP contribution in [0.3, 0.4) is 0 Å². The summed E-state index contributed by atoms with van der Waals surface area (Å²) in [6, 6.07) is 10.6. The summed E-state index contributed by atoms with van der Waals surface area (Å²) in [5.74, 6) is 0.683.